The first-order chi connectivity index (χ1) is 29.8. The molecule has 5 atom stereocenters. The molecule has 60 heavy (non-hydrogen) atoms. The molecule has 5 nitrogen and oxygen atoms in total. The van der Waals surface area contributed by atoms with Gasteiger partial charge in [-0.25, -0.2) is 9.97 Å². The van der Waals surface area contributed by atoms with Crippen molar-refractivity contribution in [1.82, 2.24) is 15.0 Å². The van der Waals surface area contributed by atoms with Gasteiger partial charge in [0.2, 0.25) is 0 Å². The van der Waals surface area contributed by atoms with Crippen LogP contribution >= 0.6 is 0 Å². The second kappa shape index (κ2) is 15.2. The molecule has 0 spiro atoms. The van der Waals surface area contributed by atoms with E-state index < -0.39 is 5.41 Å². The Balaban J connectivity index is 1.03. The predicted molar refractivity (Wildman–Crippen MR) is 243 cm³/mol. The summed E-state index contributed by atoms with van der Waals surface area (Å²) in [5, 5.41) is 2.35. The molecule has 0 bridgehead atoms. The lowest BCUT2D eigenvalue weighted by atomic mass is 9.58. The summed E-state index contributed by atoms with van der Waals surface area (Å²) in [5.74, 6) is 1.50. The Bertz CT molecular complexity index is 2930. The van der Waals surface area contributed by atoms with Crippen molar-refractivity contribution in [3.63, 3.8) is 0 Å². The van der Waals surface area contributed by atoms with Gasteiger partial charge in [-0.1, -0.05) is 164 Å². The van der Waals surface area contributed by atoms with Crippen molar-refractivity contribution in [1.29, 1.82) is 0 Å². The molecule has 4 aliphatic rings. The average molecular weight is 775 g/mol. The lowest BCUT2D eigenvalue weighted by molar-refractivity contribution is 0.137. The van der Waals surface area contributed by atoms with Crippen LogP contribution in [0.1, 0.15) is 29.3 Å². The maximum atomic E-state index is 7.01. The summed E-state index contributed by atoms with van der Waals surface area (Å²) in [6.45, 7) is 0.794. The van der Waals surface area contributed by atoms with Gasteiger partial charge in [-0.15, -0.1) is 0 Å². The van der Waals surface area contributed by atoms with Gasteiger partial charge in [-0.05, 0) is 69.8 Å². The lowest BCUT2D eigenvalue weighted by Gasteiger charge is -2.49. The molecule has 11 rings (SSSR count). The molecule has 7 aromatic rings. The van der Waals surface area contributed by atoms with E-state index in [0.717, 1.165) is 57.9 Å². The monoisotopic (exact) mass is 774 g/mol. The molecule has 2 aliphatic heterocycles. The van der Waals surface area contributed by atoms with Crippen LogP contribution in [0, 0.1) is 11.8 Å². The van der Waals surface area contributed by atoms with Gasteiger partial charge >= 0.3 is 0 Å². The minimum absolute atomic E-state index is 0.0104. The summed E-state index contributed by atoms with van der Waals surface area (Å²) >= 11 is 0. The van der Waals surface area contributed by atoms with Crippen LogP contribution in [0.15, 0.2) is 217 Å². The van der Waals surface area contributed by atoms with Gasteiger partial charge in [0.05, 0.1) is 22.5 Å². The number of pyridine rings is 1. The third-order valence-electron chi connectivity index (χ3n) is 12.6. The van der Waals surface area contributed by atoms with Gasteiger partial charge in [0.25, 0.3) is 0 Å². The molecule has 0 radical (unpaired) electrons. The molecule has 2 aromatic heterocycles. The van der Waals surface area contributed by atoms with Crippen LogP contribution in [-0.2, 0) is 5.41 Å². The van der Waals surface area contributed by atoms with E-state index in [2.05, 4.69) is 188 Å². The first-order valence-corrected chi connectivity index (χ1v) is 20.9. The molecule has 5 aromatic carbocycles. The summed E-state index contributed by atoms with van der Waals surface area (Å²) in [5.41, 5.74) is 10.2. The van der Waals surface area contributed by atoms with Crippen molar-refractivity contribution in [3.05, 3.63) is 228 Å². The maximum absolute atomic E-state index is 7.01. The zero-order chi connectivity index (χ0) is 39.9. The Hall–Kier alpha value is -7.24. The number of nitrogens with zero attached hydrogens (tertiary/aromatic N) is 4. The largest absolute Gasteiger partial charge is 0.485 e. The van der Waals surface area contributed by atoms with Crippen molar-refractivity contribution in [2.45, 2.75) is 23.9 Å². The topological polar surface area (TPSA) is 60.3 Å². The Morgan fingerprint density at radius 2 is 1.35 bits per heavy atom. The minimum Gasteiger partial charge on any atom is -0.485 e. The Morgan fingerprint density at radius 1 is 0.633 bits per heavy atom. The van der Waals surface area contributed by atoms with Crippen LogP contribution in [0.2, 0.25) is 0 Å². The highest BCUT2D eigenvalue weighted by atomic mass is 16.5. The Morgan fingerprint density at radius 3 is 2.13 bits per heavy atom. The van der Waals surface area contributed by atoms with Crippen molar-refractivity contribution in [2.24, 2.45) is 16.8 Å². The number of benzene rings is 5. The summed E-state index contributed by atoms with van der Waals surface area (Å²) in [7, 11) is 0. The van der Waals surface area contributed by atoms with Gasteiger partial charge in [0, 0.05) is 53.4 Å². The number of rotatable bonds is 7. The number of hydrogen-bond donors (Lipinski definition) is 0. The van der Waals surface area contributed by atoms with E-state index in [0.29, 0.717) is 5.82 Å². The van der Waals surface area contributed by atoms with E-state index in [-0.39, 0.29) is 23.9 Å². The van der Waals surface area contributed by atoms with E-state index in [4.69, 9.17) is 24.7 Å². The van der Waals surface area contributed by atoms with Crippen molar-refractivity contribution >= 4 is 17.0 Å². The Labute approximate surface area is 350 Å². The van der Waals surface area contributed by atoms with Crippen LogP contribution in [0.4, 0.5) is 0 Å². The highest BCUT2D eigenvalue weighted by Gasteiger charge is 2.53. The van der Waals surface area contributed by atoms with Gasteiger partial charge in [0.1, 0.15) is 11.9 Å². The third-order valence-corrected chi connectivity index (χ3v) is 12.6. The summed E-state index contributed by atoms with van der Waals surface area (Å²) < 4.78 is 7.01. The second-order valence-electron chi connectivity index (χ2n) is 15.9. The maximum Gasteiger partial charge on any atom is 0.160 e. The third kappa shape index (κ3) is 6.08. The molecular formula is C55H42N4O. The van der Waals surface area contributed by atoms with E-state index >= 15 is 0 Å². The SMILES string of the molecule is C1=CC(C2=CC3Oc4ccccc4C(C4=CCCN=C4)(c4ccccn4)C3C=C2)C(c2cc(-c3ccc(-c4ccccc4)c4ccccc34)nc(-c3ccccc3)n2)C=C1. The zero-order valence-corrected chi connectivity index (χ0v) is 33.1. The molecule has 5 unspecified atom stereocenters. The standard InChI is InChI=1S/C55H42N4O/c1-3-16-37(17-4-1)42-29-30-46(44-23-9-8-22-43(42)44)50-35-49(58-54(59-50)38-18-5-2-6-19-38)45-24-10-7-21-41(45)39-28-31-48-52(34-39)60-51-26-12-11-25-47(51)55(48,40-20-15-32-56-36-40)53-27-13-14-33-57-53/h1-14,16-31,33-36,41,45,48,52H,15,32H2. The fraction of sp³-hybridized carbons (Fsp3) is 0.127. The van der Waals surface area contributed by atoms with Gasteiger partial charge in [0.15, 0.2) is 5.82 Å². The molecule has 0 fully saturated rings. The van der Waals surface area contributed by atoms with Crippen molar-refractivity contribution in [3.8, 4) is 39.5 Å². The minimum atomic E-state index is -0.574. The smallest absolute Gasteiger partial charge is 0.160 e. The molecule has 288 valence electrons. The molecule has 2 aliphatic carbocycles. The van der Waals surface area contributed by atoms with E-state index in [9.17, 15) is 0 Å². The number of dihydropyridines is 1. The predicted octanol–water partition coefficient (Wildman–Crippen LogP) is 12.1. The number of fused-ring (bicyclic) bond motifs is 3. The normalized spacial score (nSPS) is 22.7. The fourth-order valence-electron chi connectivity index (χ4n) is 9.88. The van der Waals surface area contributed by atoms with Gasteiger partial charge < -0.3 is 4.74 Å². The average Bonchev–Trinajstić information content (AvgIpc) is 3.33. The molecule has 0 amide bonds. The summed E-state index contributed by atoms with van der Waals surface area (Å²) in [6, 6.07) is 51.0. The highest BCUT2D eigenvalue weighted by Crippen LogP contribution is 2.55. The molecule has 4 heterocycles. The van der Waals surface area contributed by atoms with E-state index in [1.54, 1.807) is 0 Å². The molecule has 0 N–H and O–H groups in total. The molecule has 0 saturated heterocycles. The summed E-state index contributed by atoms with van der Waals surface area (Å²) in [6.07, 6.45) is 23.0. The van der Waals surface area contributed by atoms with Crippen LogP contribution in [-0.4, -0.2) is 33.8 Å². The van der Waals surface area contributed by atoms with Crippen molar-refractivity contribution < 1.29 is 4.74 Å². The molecular weight excluding hydrogens is 733 g/mol. The van der Waals surface area contributed by atoms with Gasteiger partial charge in [-0.3, -0.25) is 9.98 Å². The fourth-order valence-corrected chi connectivity index (χ4v) is 9.88. The van der Waals surface area contributed by atoms with Crippen LogP contribution in [0.25, 0.3) is 44.5 Å². The molecule has 5 heteroatoms. The lowest BCUT2D eigenvalue weighted by Crippen LogP contribution is -2.50. The van der Waals surface area contributed by atoms with Crippen LogP contribution in [0.3, 0.4) is 0 Å². The van der Waals surface area contributed by atoms with Gasteiger partial charge in [-0.2, -0.15) is 0 Å². The number of allylic oxidation sites excluding steroid dienone is 7. The quantitative estimate of drug-likeness (QED) is 0.162. The Kier molecular flexibility index (Phi) is 9.07. The first kappa shape index (κ1) is 35.9. The number of ether oxygens (including phenoxy) is 1. The summed E-state index contributed by atoms with van der Waals surface area (Å²) in [4.78, 5) is 20.5. The number of aliphatic imine (C=N–C) groups is 1. The number of hydrogen-bond acceptors (Lipinski definition) is 5. The van der Waals surface area contributed by atoms with Crippen LogP contribution < -0.4 is 4.74 Å². The zero-order valence-electron chi connectivity index (χ0n) is 33.1. The van der Waals surface area contributed by atoms with E-state index in [1.165, 1.54) is 27.7 Å². The second-order valence-corrected chi connectivity index (χ2v) is 15.9. The first-order valence-electron chi connectivity index (χ1n) is 20.9. The highest BCUT2D eigenvalue weighted by molar-refractivity contribution is 6.04. The van der Waals surface area contributed by atoms with Crippen molar-refractivity contribution in [2.75, 3.05) is 6.54 Å². The van der Waals surface area contributed by atoms with E-state index in [1.807, 2.05) is 18.3 Å². The number of para-hydroxylation sites is 1. The van der Waals surface area contributed by atoms with Crippen LogP contribution in [0.5, 0.6) is 5.75 Å². The molecule has 0 saturated carbocycles. The number of aromatic nitrogens is 3.